The second kappa shape index (κ2) is 12.8. The van der Waals surface area contributed by atoms with Gasteiger partial charge < -0.3 is 10.1 Å². The Bertz CT molecular complexity index is 1770. The van der Waals surface area contributed by atoms with E-state index in [9.17, 15) is 19.7 Å². The number of amides is 1. The van der Waals surface area contributed by atoms with Crippen molar-refractivity contribution in [2.45, 2.75) is 44.9 Å². The van der Waals surface area contributed by atoms with Crippen LogP contribution in [-0.4, -0.2) is 33.3 Å². The van der Waals surface area contributed by atoms with Crippen molar-refractivity contribution in [3.05, 3.63) is 102 Å². The molecular weight excluding hydrogens is 626 g/mol. The molecule has 0 atom stereocenters. The third kappa shape index (κ3) is 6.52. The fourth-order valence-electron chi connectivity index (χ4n) is 5.02. The van der Waals surface area contributed by atoms with Crippen LogP contribution in [0.1, 0.15) is 55.0 Å². The van der Waals surface area contributed by atoms with Crippen LogP contribution >= 0.6 is 27.5 Å². The number of carbonyl (C=O) groups excluding carboxylic acids is 1. The number of nitro groups is 1. The molecule has 12 heteroatoms. The number of rotatable bonds is 8. The summed E-state index contributed by atoms with van der Waals surface area (Å²) in [5.41, 5.74) is 1.56. The third-order valence-electron chi connectivity index (χ3n) is 7.14. The van der Waals surface area contributed by atoms with Gasteiger partial charge in [-0.25, -0.2) is 4.98 Å². The molecule has 3 aromatic carbocycles. The number of aryl methyl sites for hydroxylation is 1. The maximum Gasteiger partial charge on any atom is 0.313 e. The summed E-state index contributed by atoms with van der Waals surface area (Å²) in [5, 5.41) is 19.4. The topological polar surface area (TPSA) is 129 Å². The monoisotopic (exact) mass is 651 g/mol. The fourth-order valence-corrected chi connectivity index (χ4v) is 5.65. The fraction of sp³-hybridized carbons (Fsp3) is 0.267. The summed E-state index contributed by atoms with van der Waals surface area (Å²) < 4.78 is 7.52. The van der Waals surface area contributed by atoms with Crippen LogP contribution in [0.25, 0.3) is 10.9 Å². The smallest absolute Gasteiger partial charge is 0.313 e. The highest BCUT2D eigenvalue weighted by Crippen LogP contribution is 2.36. The van der Waals surface area contributed by atoms with Crippen molar-refractivity contribution in [2.24, 2.45) is 5.10 Å². The van der Waals surface area contributed by atoms with Gasteiger partial charge in [0, 0.05) is 27.7 Å². The van der Waals surface area contributed by atoms with E-state index in [-0.39, 0.29) is 27.8 Å². The predicted octanol–water partition coefficient (Wildman–Crippen LogP) is 6.98. The summed E-state index contributed by atoms with van der Waals surface area (Å²) in [7, 11) is 0. The summed E-state index contributed by atoms with van der Waals surface area (Å²) in [4.78, 5) is 42.1. The molecule has 0 spiro atoms. The molecule has 1 heterocycles. The number of nitro benzene ring substituents is 1. The molecule has 1 aromatic heterocycles. The van der Waals surface area contributed by atoms with Crippen molar-refractivity contribution in [2.75, 3.05) is 11.9 Å². The van der Waals surface area contributed by atoms with Crippen LogP contribution in [-0.2, 0) is 4.79 Å². The van der Waals surface area contributed by atoms with Gasteiger partial charge >= 0.3 is 5.69 Å². The average molecular weight is 653 g/mol. The van der Waals surface area contributed by atoms with E-state index in [0.717, 1.165) is 42.1 Å². The Balaban J connectivity index is 1.45. The molecule has 1 fully saturated rings. The summed E-state index contributed by atoms with van der Waals surface area (Å²) >= 11 is 9.81. The molecule has 0 bridgehead atoms. The Labute approximate surface area is 254 Å². The number of nitrogens with one attached hydrogen (secondary N) is 1. The van der Waals surface area contributed by atoms with Crippen molar-refractivity contribution in [3.8, 4) is 5.75 Å². The molecule has 1 saturated carbocycles. The molecule has 1 amide bonds. The van der Waals surface area contributed by atoms with E-state index in [1.807, 2.05) is 25.1 Å². The molecule has 42 heavy (non-hydrogen) atoms. The van der Waals surface area contributed by atoms with Crippen LogP contribution in [0.3, 0.4) is 0 Å². The van der Waals surface area contributed by atoms with E-state index in [0.29, 0.717) is 22.4 Å². The van der Waals surface area contributed by atoms with E-state index in [1.54, 1.807) is 24.3 Å². The number of anilines is 1. The minimum absolute atomic E-state index is 0.0659. The first-order chi connectivity index (χ1) is 20.2. The van der Waals surface area contributed by atoms with Gasteiger partial charge in [-0.15, -0.1) is 0 Å². The standard InChI is InChI=1S/C30H27BrClN5O5/c1-18-7-5-6-10-24(18)34-27(38)17-42-28-23(32)13-19(14-26(28)37(40)41)16-33-36-29(20-8-3-2-4-9-20)35-25-12-11-21(31)15-22(25)30(36)39/h5-7,10-16,20H,2-4,8-9,17H2,1H3,(H,34,38). The number of para-hydroxylation sites is 1. The highest BCUT2D eigenvalue weighted by Gasteiger charge is 2.24. The van der Waals surface area contributed by atoms with Gasteiger partial charge in [0.1, 0.15) is 5.82 Å². The van der Waals surface area contributed by atoms with Gasteiger partial charge in [-0.2, -0.15) is 9.78 Å². The highest BCUT2D eigenvalue weighted by molar-refractivity contribution is 9.10. The van der Waals surface area contributed by atoms with Crippen LogP contribution in [0, 0.1) is 17.0 Å². The summed E-state index contributed by atoms with van der Waals surface area (Å²) in [6, 6.07) is 15.2. The summed E-state index contributed by atoms with van der Waals surface area (Å²) in [6.45, 7) is 1.36. The van der Waals surface area contributed by atoms with Gasteiger partial charge in [-0.1, -0.05) is 65.0 Å². The first-order valence-electron chi connectivity index (χ1n) is 13.4. The van der Waals surface area contributed by atoms with Crippen molar-refractivity contribution in [1.82, 2.24) is 9.66 Å². The van der Waals surface area contributed by atoms with Crippen LogP contribution in [0.15, 0.2) is 69.0 Å². The SMILES string of the molecule is Cc1ccccc1NC(=O)COc1c(Cl)cc(C=Nn2c(C3CCCCC3)nc3ccc(Br)cc3c2=O)cc1[N+](=O)[O-]. The molecule has 5 rings (SSSR count). The molecule has 10 nitrogen and oxygen atoms in total. The quantitative estimate of drug-likeness (QED) is 0.124. The maximum absolute atomic E-state index is 13.6. The van der Waals surface area contributed by atoms with Gasteiger partial charge in [-0.05, 0) is 55.7 Å². The Morgan fingerprint density at radius 2 is 1.98 bits per heavy atom. The molecule has 0 radical (unpaired) electrons. The maximum atomic E-state index is 13.6. The van der Waals surface area contributed by atoms with Crippen molar-refractivity contribution in [3.63, 3.8) is 0 Å². The number of fused-ring (bicyclic) bond motifs is 1. The van der Waals surface area contributed by atoms with E-state index in [4.69, 9.17) is 21.3 Å². The third-order valence-corrected chi connectivity index (χ3v) is 7.91. The van der Waals surface area contributed by atoms with Gasteiger partial charge in [0.05, 0.1) is 27.1 Å². The molecule has 216 valence electrons. The summed E-state index contributed by atoms with van der Waals surface area (Å²) in [6.07, 6.45) is 6.33. The van der Waals surface area contributed by atoms with E-state index in [1.165, 1.54) is 23.0 Å². The molecule has 0 saturated heterocycles. The number of hydrogen-bond acceptors (Lipinski definition) is 7. The zero-order valence-electron chi connectivity index (χ0n) is 22.7. The Hall–Kier alpha value is -4.09. The Morgan fingerprint density at radius 3 is 2.71 bits per heavy atom. The largest absolute Gasteiger partial charge is 0.476 e. The lowest BCUT2D eigenvalue weighted by Gasteiger charge is -2.22. The van der Waals surface area contributed by atoms with Crippen molar-refractivity contribution >= 4 is 61.9 Å². The predicted molar refractivity (Wildman–Crippen MR) is 166 cm³/mol. The average Bonchev–Trinajstić information content (AvgIpc) is 2.97. The number of benzene rings is 3. The molecule has 1 aliphatic carbocycles. The minimum Gasteiger partial charge on any atom is -0.476 e. The number of ether oxygens (including phenoxy) is 1. The first kappa shape index (κ1) is 29.4. The molecule has 1 aliphatic rings. The van der Waals surface area contributed by atoms with Crippen LogP contribution < -0.4 is 15.6 Å². The van der Waals surface area contributed by atoms with Gasteiger partial charge in [-0.3, -0.25) is 19.7 Å². The van der Waals surface area contributed by atoms with Crippen LogP contribution in [0.2, 0.25) is 5.02 Å². The van der Waals surface area contributed by atoms with Gasteiger partial charge in [0.2, 0.25) is 5.75 Å². The molecular formula is C30H27BrClN5O5. The number of carbonyl (C=O) groups is 1. The summed E-state index contributed by atoms with van der Waals surface area (Å²) in [5.74, 6) is -0.108. The molecule has 1 N–H and O–H groups in total. The Kier molecular flexibility index (Phi) is 8.98. The molecule has 0 unspecified atom stereocenters. The van der Waals surface area contributed by atoms with Crippen molar-refractivity contribution < 1.29 is 14.5 Å². The molecule has 0 aliphatic heterocycles. The number of hydrogen-bond donors (Lipinski definition) is 1. The second-order valence-corrected chi connectivity index (χ2v) is 11.4. The van der Waals surface area contributed by atoms with Crippen LogP contribution in [0.4, 0.5) is 11.4 Å². The van der Waals surface area contributed by atoms with E-state index >= 15 is 0 Å². The number of nitrogens with zero attached hydrogens (tertiary/aromatic N) is 4. The highest BCUT2D eigenvalue weighted by atomic mass is 79.9. The lowest BCUT2D eigenvalue weighted by Crippen LogP contribution is -2.25. The minimum atomic E-state index is -0.646. The lowest BCUT2D eigenvalue weighted by molar-refractivity contribution is -0.385. The van der Waals surface area contributed by atoms with Crippen LogP contribution in [0.5, 0.6) is 5.75 Å². The number of aromatic nitrogens is 2. The lowest BCUT2D eigenvalue weighted by atomic mass is 9.88. The first-order valence-corrected chi connectivity index (χ1v) is 14.6. The number of halogens is 2. The van der Waals surface area contributed by atoms with Crippen molar-refractivity contribution in [1.29, 1.82) is 0 Å². The van der Waals surface area contributed by atoms with E-state index < -0.39 is 23.1 Å². The van der Waals surface area contributed by atoms with Gasteiger partial charge in [0.15, 0.2) is 6.61 Å². The van der Waals surface area contributed by atoms with Gasteiger partial charge in [0.25, 0.3) is 11.5 Å². The second-order valence-electron chi connectivity index (χ2n) is 10.1. The Morgan fingerprint density at radius 1 is 1.21 bits per heavy atom. The normalized spacial score (nSPS) is 13.9. The van der Waals surface area contributed by atoms with E-state index in [2.05, 4.69) is 26.3 Å². The molecule has 4 aromatic rings. The zero-order valence-corrected chi connectivity index (χ0v) is 25.0. The zero-order chi connectivity index (χ0) is 29.8.